The zero-order valence-corrected chi connectivity index (χ0v) is 37.3. The van der Waals surface area contributed by atoms with Crippen molar-refractivity contribution in [2.45, 2.75) is 83.1 Å². The number of benzene rings is 3. The van der Waals surface area contributed by atoms with Crippen LogP contribution in [0.1, 0.15) is 99.6 Å². The van der Waals surface area contributed by atoms with Crippen LogP contribution in [0, 0.1) is 29.6 Å². The highest BCUT2D eigenvalue weighted by atomic mass is 19.1. The van der Waals surface area contributed by atoms with Crippen molar-refractivity contribution in [3.05, 3.63) is 94.2 Å². The van der Waals surface area contributed by atoms with Gasteiger partial charge in [-0.2, -0.15) is 0 Å². The van der Waals surface area contributed by atoms with E-state index in [1.807, 2.05) is 6.92 Å². The third-order valence-corrected chi connectivity index (χ3v) is 13.3. The van der Waals surface area contributed by atoms with E-state index in [9.17, 15) is 33.2 Å². The molecule has 0 radical (unpaired) electrons. The molecule has 3 aliphatic heterocycles. The van der Waals surface area contributed by atoms with Crippen molar-refractivity contribution in [2.24, 2.45) is 23.5 Å². The normalized spacial score (nSPS) is 22.7. The van der Waals surface area contributed by atoms with E-state index in [4.69, 9.17) is 15.2 Å². The number of fused-ring (bicyclic) bond motifs is 2. The largest absolute Gasteiger partial charge is 0.496 e. The molecule has 4 atom stereocenters. The van der Waals surface area contributed by atoms with Gasteiger partial charge in [-0.25, -0.2) is 9.37 Å². The lowest BCUT2D eigenvalue weighted by Crippen LogP contribution is -2.54. The molecule has 15 nitrogen and oxygen atoms in total. The molecular weight excluding hydrogens is 846 g/mol. The van der Waals surface area contributed by atoms with Crippen LogP contribution < -0.4 is 31.2 Å². The number of imide groups is 2. The minimum atomic E-state index is -1.59. The second kappa shape index (κ2) is 19.7. The highest BCUT2D eigenvalue weighted by molar-refractivity contribution is 6.25. The Bertz CT molecular complexity index is 2640. The molecule has 66 heavy (non-hydrogen) atoms. The Hall–Kier alpha value is -6.86. The van der Waals surface area contributed by atoms with Gasteiger partial charge in [0.25, 0.3) is 23.6 Å². The standard InChI is InChI=1S/C50H54FN7O8/c1-4-33-39(55-47(62)44(33)51)27-66-48-36-23-41(65-3)37(45(52)60)22-35(36)32(24-54-48)17-16-28-8-12-30(13-9-28)25-57(2)26-31-14-10-29(11-15-31)20-21-53-38-7-5-6-34-43(38)50(64)58(49(34)63)40-18-19-42(59)56-46(40)61/h5-7,10-11,14-15,22-24,28,30,33,39-40,44,53H,4,8-9,12-13,18-21,25-27H2,1-3H3,(H2,52,60)(H,55,62)(H,56,59,61)/t28?,30?,33-,39?,40?,44-/m0/s1. The predicted octanol–water partition coefficient (Wildman–Crippen LogP) is 4.93. The van der Waals surface area contributed by atoms with E-state index >= 15 is 0 Å². The van der Waals surface area contributed by atoms with Crippen LogP contribution in [0.4, 0.5) is 10.1 Å². The maximum Gasteiger partial charge on any atom is 0.264 e. The van der Waals surface area contributed by atoms with Crippen molar-refractivity contribution >= 4 is 51.9 Å². The Kier molecular flexibility index (Phi) is 13.6. The predicted molar refractivity (Wildman–Crippen MR) is 243 cm³/mol. The van der Waals surface area contributed by atoms with Crippen LogP contribution in [0.15, 0.2) is 60.8 Å². The zero-order chi connectivity index (χ0) is 46.6. The number of nitrogens with one attached hydrogen (secondary N) is 3. The first-order chi connectivity index (χ1) is 31.8. The summed E-state index contributed by atoms with van der Waals surface area (Å²) in [6.07, 6.45) is 5.34. The van der Waals surface area contributed by atoms with Crippen LogP contribution in [0.5, 0.6) is 11.6 Å². The first-order valence-corrected chi connectivity index (χ1v) is 22.6. The fourth-order valence-electron chi connectivity index (χ4n) is 9.71. The van der Waals surface area contributed by atoms with Crippen LogP contribution in [0.3, 0.4) is 0 Å². The number of carbonyl (C=O) groups is 6. The van der Waals surface area contributed by atoms with E-state index in [1.54, 1.807) is 36.5 Å². The van der Waals surface area contributed by atoms with E-state index in [1.165, 1.54) is 12.7 Å². The van der Waals surface area contributed by atoms with Crippen LogP contribution >= 0.6 is 0 Å². The van der Waals surface area contributed by atoms with Crippen molar-refractivity contribution in [1.29, 1.82) is 0 Å². The first kappa shape index (κ1) is 45.7. The molecule has 1 aromatic heterocycles. The minimum absolute atomic E-state index is 0.0220. The van der Waals surface area contributed by atoms with E-state index in [0.717, 1.165) is 49.2 Å². The van der Waals surface area contributed by atoms with Crippen molar-refractivity contribution in [1.82, 2.24) is 25.4 Å². The fourth-order valence-corrected chi connectivity index (χ4v) is 9.71. The maximum absolute atomic E-state index is 14.5. The fraction of sp³-hybridized carbons (Fsp3) is 0.420. The third kappa shape index (κ3) is 9.58. The van der Waals surface area contributed by atoms with Gasteiger partial charge in [-0.3, -0.25) is 39.0 Å². The van der Waals surface area contributed by atoms with Gasteiger partial charge in [0.1, 0.15) is 18.4 Å². The van der Waals surface area contributed by atoms with E-state index in [0.29, 0.717) is 47.3 Å². The number of aromatic nitrogens is 1. The Labute approximate surface area is 382 Å². The van der Waals surface area contributed by atoms with Gasteiger partial charge in [0.2, 0.25) is 17.7 Å². The highest BCUT2D eigenvalue weighted by Crippen LogP contribution is 2.36. The van der Waals surface area contributed by atoms with Gasteiger partial charge in [-0.05, 0) is 93.3 Å². The molecule has 4 aliphatic rings. The van der Waals surface area contributed by atoms with Gasteiger partial charge in [0.05, 0.1) is 35.4 Å². The van der Waals surface area contributed by atoms with E-state index in [2.05, 4.69) is 69.0 Å². The average molecular weight is 900 g/mol. The molecule has 1 saturated carbocycles. The number of methoxy groups -OCH3 is 1. The number of primary amides is 1. The van der Waals surface area contributed by atoms with Crippen LogP contribution in [0.2, 0.25) is 0 Å². The molecule has 0 spiro atoms. The molecule has 1 aliphatic carbocycles. The highest BCUT2D eigenvalue weighted by Gasteiger charge is 2.46. The van der Waals surface area contributed by atoms with Gasteiger partial charge < -0.3 is 30.7 Å². The van der Waals surface area contributed by atoms with Gasteiger partial charge in [-0.1, -0.05) is 49.1 Å². The van der Waals surface area contributed by atoms with Crippen LogP contribution in [-0.4, -0.2) is 102 Å². The molecule has 2 saturated heterocycles. The summed E-state index contributed by atoms with van der Waals surface area (Å²) in [7, 11) is 3.58. The number of nitrogens with two attached hydrogens (primary N) is 1. The third-order valence-electron chi connectivity index (χ3n) is 13.3. The molecule has 3 fully saturated rings. The Morgan fingerprint density at radius 1 is 0.985 bits per heavy atom. The summed E-state index contributed by atoms with van der Waals surface area (Å²) < 4.78 is 26.0. The van der Waals surface area contributed by atoms with E-state index in [-0.39, 0.29) is 53.7 Å². The lowest BCUT2D eigenvalue weighted by molar-refractivity contribution is -0.136. The monoisotopic (exact) mass is 899 g/mol. The quantitative estimate of drug-likeness (QED) is 0.0932. The molecule has 4 heterocycles. The summed E-state index contributed by atoms with van der Waals surface area (Å²) in [6, 6.07) is 15.3. The smallest absolute Gasteiger partial charge is 0.264 e. The number of anilines is 1. The number of carbonyl (C=O) groups excluding carboxylic acids is 6. The molecule has 6 amide bonds. The van der Waals surface area contributed by atoms with Crippen molar-refractivity contribution in [3.8, 4) is 23.5 Å². The summed E-state index contributed by atoms with van der Waals surface area (Å²) >= 11 is 0. The second-order valence-corrected chi connectivity index (χ2v) is 17.7. The van der Waals surface area contributed by atoms with E-state index < -0.39 is 59.6 Å². The number of pyridine rings is 1. The Balaban J connectivity index is 0.825. The Morgan fingerprint density at radius 2 is 1.74 bits per heavy atom. The molecule has 344 valence electrons. The molecule has 3 aromatic carbocycles. The van der Waals surface area contributed by atoms with Crippen molar-refractivity contribution in [2.75, 3.05) is 39.2 Å². The summed E-state index contributed by atoms with van der Waals surface area (Å²) in [5, 5.41) is 9.41. The van der Waals surface area contributed by atoms with Crippen molar-refractivity contribution in [3.63, 3.8) is 0 Å². The van der Waals surface area contributed by atoms with Gasteiger partial charge in [-0.15, -0.1) is 0 Å². The van der Waals surface area contributed by atoms with Crippen molar-refractivity contribution < 1.29 is 42.6 Å². The topological polar surface area (TPSA) is 202 Å². The zero-order valence-electron chi connectivity index (χ0n) is 37.3. The lowest BCUT2D eigenvalue weighted by atomic mass is 9.82. The summed E-state index contributed by atoms with van der Waals surface area (Å²) in [5.74, 6) is 4.10. The molecule has 2 unspecified atom stereocenters. The summed E-state index contributed by atoms with van der Waals surface area (Å²) in [5.41, 5.74) is 9.87. The van der Waals surface area contributed by atoms with Gasteiger partial charge in [0, 0.05) is 60.5 Å². The average Bonchev–Trinajstić information content (AvgIpc) is 3.73. The SMILES string of the molecule is CC[C@H]1C(COc2ncc(C#CC3CCC(CN(C)Cc4ccc(CCNc5cccc6c5C(=O)N(C5CCC(=O)NC5=O)C6=O)cc4)CC3)c3cc(C(N)=O)c(OC)cc23)NC(=O)[C@H]1F. The molecule has 16 heteroatoms. The number of amides is 6. The number of ether oxygens (including phenoxy) is 2. The van der Waals surface area contributed by atoms with Crippen LogP contribution in [-0.2, 0) is 27.3 Å². The second-order valence-electron chi connectivity index (χ2n) is 17.7. The number of hydrogen-bond donors (Lipinski definition) is 4. The number of hydrogen-bond acceptors (Lipinski definition) is 11. The number of alkyl halides is 1. The maximum atomic E-state index is 14.5. The minimum Gasteiger partial charge on any atom is -0.496 e. The summed E-state index contributed by atoms with van der Waals surface area (Å²) in [4.78, 5) is 83.1. The number of piperidine rings is 1. The van der Waals surface area contributed by atoms with Gasteiger partial charge in [0.15, 0.2) is 6.17 Å². The summed E-state index contributed by atoms with van der Waals surface area (Å²) in [6.45, 7) is 4.14. The number of halogens is 1. The molecule has 8 rings (SSSR count). The molecule has 4 aromatic rings. The molecular formula is C50H54FN7O8. The first-order valence-electron chi connectivity index (χ1n) is 22.6. The van der Waals surface area contributed by atoms with Crippen LogP contribution in [0.25, 0.3) is 10.8 Å². The van der Waals surface area contributed by atoms with Gasteiger partial charge >= 0.3 is 0 Å². The molecule has 5 N–H and O–H groups in total. The lowest BCUT2D eigenvalue weighted by Gasteiger charge is -2.29. The number of rotatable bonds is 15. The Morgan fingerprint density at radius 3 is 2.45 bits per heavy atom. The molecule has 0 bridgehead atoms. The number of nitrogens with zero attached hydrogens (tertiary/aromatic N) is 3.